The van der Waals surface area contributed by atoms with E-state index in [0.717, 1.165) is 11.3 Å². The summed E-state index contributed by atoms with van der Waals surface area (Å²) in [4.78, 5) is 13.3. The van der Waals surface area contributed by atoms with Crippen molar-refractivity contribution in [2.45, 2.75) is 25.0 Å². The van der Waals surface area contributed by atoms with Gasteiger partial charge < -0.3 is 15.7 Å². The highest BCUT2D eigenvalue weighted by atomic mass is 35.5. The van der Waals surface area contributed by atoms with E-state index < -0.39 is 11.5 Å². The molecular weight excluding hydrogens is 338 g/mol. The van der Waals surface area contributed by atoms with Crippen LogP contribution in [0.3, 0.4) is 0 Å². The number of anilines is 1. The van der Waals surface area contributed by atoms with E-state index >= 15 is 0 Å². The lowest BCUT2D eigenvalue weighted by molar-refractivity contribution is 0.0330. The van der Waals surface area contributed by atoms with Gasteiger partial charge >= 0.3 is 0 Å². The molecule has 5 nitrogen and oxygen atoms in total. The van der Waals surface area contributed by atoms with Gasteiger partial charge in [-0.05, 0) is 49.2 Å². The quantitative estimate of drug-likeness (QED) is 0.885. The van der Waals surface area contributed by atoms with Crippen molar-refractivity contribution in [2.24, 2.45) is 5.73 Å². The Bertz CT molecular complexity index is 860. The topological polar surface area (TPSA) is 90.3 Å². The Kier molecular flexibility index (Phi) is 4.42. The van der Waals surface area contributed by atoms with E-state index in [0.29, 0.717) is 29.1 Å². The number of amides is 1. The fourth-order valence-electron chi connectivity index (χ4n) is 3.39. The number of carbonyl (C=O) groups is 1. The molecule has 1 aliphatic rings. The number of nitriles is 1. The summed E-state index contributed by atoms with van der Waals surface area (Å²) in [5.74, 6) is -0.494. The van der Waals surface area contributed by atoms with Gasteiger partial charge in [0.1, 0.15) is 11.7 Å². The third kappa shape index (κ3) is 2.95. The summed E-state index contributed by atoms with van der Waals surface area (Å²) in [7, 11) is 0. The maximum atomic E-state index is 11.2. The zero-order chi connectivity index (χ0) is 18.2. The van der Waals surface area contributed by atoms with E-state index in [2.05, 4.69) is 4.90 Å². The van der Waals surface area contributed by atoms with Crippen molar-refractivity contribution in [1.82, 2.24) is 0 Å². The predicted molar refractivity (Wildman–Crippen MR) is 96.4 cm³/mol. The van der Waals surface area contributed by atoms with Crippen LogP contribution in [0, 0.1) is 11.3 Å². The second kappa shape index (κ2) is 6.40. The second-order valence-corrected chi connectivity index (χ2v) is 6.67. The maximum Gasteiger partial charge on any atom is 0.248 e. The molecule has 0 unspecified atom stereocenters. The summed E-state index contributed by atoms with van der Waals surface area (Å²) in [5.41, 5.74) is 6.66. The van der Waals surface area contributed by atoms with E-state index in [1.54, 1.807) is 36.4 Å². The molecule has 6 heteroatoms. The molecule has 2 atom stereocenters. The average molecular weight is 356 g/mol. The molecule has 2 aromatic carbocycles. The van der Waals surface area contributed by atoms with Gasteiger partial charge in [0, 0.05) is 17.8 Å². The first-order chi connectivity index (χ1) is 11.9. The molecule has 25 heavy (non-hydrogen) atoms. The first kappa shape index (κ1) is 17.3. The fourth-order valence-corrected chi connectivity index (χ4v) is 3.60. The lowest BCUT2D eigenvalue weighted by atomic mass is 9.86. The highest BCUT2D eigenvalue weighted by molar-refractivity contribution is 6.32. The molecule has 3 rings (SSSR count). The summed E-state index contributed by atoms with van der Waals surface area (Å²) in [6, 6.07) is 13.9. The van der Waals surface area contributed by atoms with Gasteiger partial charge in [0.15, 0.2) is 0 Å². The number of primary amides is 1. The van der Waals surface area contributed by atoms with E-state index in [1.807, 2.05) is 19.1 Å². The molecule has 1 heterocycles. The third-order valence-corrected chi connectivity index (χ3v) is 5.28. The molecular formula is C19H18ClN3O2. The summed E-state index contributed by atoms with van der Waals surface area (Å²) < 4.78 is 0. The number of rotatable bonds is 3. The Morgan fingerprint density at radius 1 is 1.36 bits per heavy atom. The van der Waals surface area contributed by atoms with Crippen LogP contribution in [0.15, 0.2) is 42.5 Å². The Balaban J connectivity index is 1.90. The fraction of sp³-hybridized carbons (Fsp3) is 0.263. The van der Waals surface area contributed by atoms with Gasteiger partial charge in [-0.2, -0.15) is 5.26 Å². The molecule has 1 saturated heterocycles. The molecule has 0 aromatic heterocycles. The monoisotopic (exact) mass is 355 g/mol. The summed E-state index contributed by atoms with van der Waals surface area (Å²) in [5, 5.41) is 20.6. The molecule has 0 bridgehead atoms. The molecule has 0 aliphatic carbocycles. The van der Waals surface area contributed by atoms with E-state index in [9.17, 15) is 9.90 Å². The maximum absolute atomic E-state index is 11.2. The minimum absolute atomic E-state index is 0.198. The van der Waals surface area contributed by atoms with Crippen LogP contribution in [0.5, 0.6) is 0 Å². The number of nitrogens with zero attached hydrogens (tertiary/aromatic N) is 2. The number of aliphatic hydroxyl groups is 1. The van der Waals surface area contributed by atoms with Crippen molar-refractivity contribution in [3.8, 4) is 6.07 Å². The Labute approximate surface area is 151 Å². The Morgan fingerprint density at radius 3 is 2.60 bits per heavy atom. The van der Waals surface area contributed by atoms with Crippen LogP contribution in [0.25, 0.3) is 0 Å². The molecule has 0 saturated carbocycles. The van der Waals surface area contributed by atoms with E-state index in [4.69, 9.17) is 22.6 Å². The smallest absolute Gasteiger partial charge is 0.248 e. The largest absolute Gasteiger partial charge is 0.383 e. The molecule has 2 aromatic rings. The number of benzene rings is 2. The number of halogens is 1. The zero-order valence-electron chi connectivity index (χ0n) is 13.7. The summed E-state index contributed by atoms with van der Waals surface area (Å²) >= 11 is 6.14. The van der Waals surface area contributed by atoms with Crippen LogP contribution in [0.1, 0.15) is 34.8 Å². The first-order valence-corrected chi connectivity index (χ1v) is 8.33. The second-order valence-electron chi connectivity index (χ2n) is 6.26. The SMILES string of the molecule is C[C@@H]1N(c2ccc(C#N)c(Cl)c2)CC[C@@]1(O)c1ccc(C(N)=O)cc1. The van der Waals surface area contributed by atoms with Gasteiger partial charge in [-0.3, -0.25) is 4.79 Å². The van der Waals surface area contributed by atoms with Crippen LogP contribution < -0.4 is 10.6 Å². The summed E-state index contributed by atoms with van der Waals surface area (Å²) in [6.45, 7) is 2.60. The van der Waals surface area contributed by atoms with Gasteiger partial charge in [0.2, 0.25) is 5.91 Å². The van der Waals surface area contributed by atoms with Crippen molar-refractivity contribution in [2.75, 3.05) is 11.4 Å². The minimum Gasteiger partial charge on any atom is -0.383 e. The van der Waals surface area contributed by atoms with Gasteiger partial charge in [-0.15, -0.1) is 0 Å². The molecule has 0 radical (unpaired) electrons. The number of carbonyl (C=O) groups excluding carboxylic acids is 1. The Hall–Kier alpha value is -2.55. The molecule has 1 aliphatic heterocycles. The number of hydrogen-bond acceptors (Lipinski definition) is 4. The molecule has 3 N–H and O–H groups in total. The summed E-state index contributed by atoms with van der Waals surface area (Å²) in [6.07, 6.45) is 0.543. The minimum atomic E-state index is -1.05. The zero-order valence-corrected chi connectivity index (χ0v) is 14.5. The van der Waals surface area contributed by atoms with Gasteiger partial charge in [0.05, 0.1) is 16.6 Å². The lowest BCUT2D eigenvalue weighted by Crippen LogP contribution is -2.40. The van der Waals surface area contributed by atoms with Crippen molar-refractivity contribution in [1.29, 1.82) is 5.26 Å². The van der Waals surface area contributed by atoms with Crippen molar-refractivity contribution >= 4 is 23.2 Å². The Morgan fingerprint density at radius 2 is 2.04 bits per heavy atom. The highest BCUT2D eigenvalue weighted by Crippen LogP contribution is 2.40. The van der Waals surface area contributed by atoms with Crippen LogP contribution in [-0.4, -0.2) is 23.6 Å². The standard InChI is InChI=1S/C19H18ClN3O2/c1-12-19(25,15-5-2-13(3-6-15)18(22)24)8-9-23(12)16-7-4-14(11-21)17(20)10-16/h2-7,10,12,25H,8-9H2,1H3,(H2,22,24)/t12-,19-/m0/s1. The highest BCUT2D eigenvalue weighted by Gasteiger charge is 2.44. The van der Waals surface area contributed by atoms with Crippen LogP contribution in [0.2, 0.25) is 5.02 Å². The van der Waals surface area contributed by atoms with Crippen molar-refractivity contribution in [3.63, 3.8) is 0 Å². The third-order valence-electron chi connectivity index (χ3n) is 4.97. The average Bonchev–Trinajstić information content (AvgIpc) is 2.91. The van der Waals surface area contributed by atoms with Crippen LogP contribution >= 0.6 is 11.6 Å². The molecule has 0 spiro atoms. The van der Waals surface area contributed by atoms with Crippen molar-refractivity contribution in [3.05, 3.63) is 64.2 Å². The van der Waals surface area contributed by atoms with Crippen molar-refractivity contribution < 1.29 is 9.90 Å². The predicted octanol–water partition coefficient (Wildman–Crippen LogP) is 2.80. The normalized spacial score (nSPS) is 22.6. The number of hydrogen-bond donors (Lipinski definition) is 2. The molecule has 128 valence electrons. The van der Waals surface area contributed by atoms with Crippen LogP contribution in [-0.2, 0) is 5.60 Å². The lowest BCUT2D eigenvalue weighted by Gasteiger charge is -2.33. The van der Waals surface area contributed by atoms with E-state index in [1.165, 1.54) is 0 Å². The molecule has 1 amide bonds. The molecule has 1 fully saturated rings. The van der Waals surface area contributed by atoms with Crippen LogP contribution in [0.4, 0.5) is 5.69 Å². The van der Waals surface area contributed by atoms with Gasteiger partial charge in [0.25, 0.3) is 0 Å². The number of nitrogens with two attached hydrogens (primary N) is 1. The van der Waals surface area contributed by atoms with Gasteiger partial charge in [-0.25, -0.2) is 0 Å². The van der Waals surface area contributed by atoms with E-state index in [-0.39, 0.29) is 6.04 Å². The van der Waals surface area contributed by atoms with Gasteiger partial charge in [-0.1, -0.05) is 23.7 Å². The first-order valence-electron chi connectivity index (χ1n) is 7.96.